The third-order valence-corrected chi connectivity index (χ3v) is 4.22. The van der Waals surface area contributed by atoms with E-state index in [1.165, 1.54) is 5.69 Å². The summed E-state index contributed by atoms with van der Waals surface area (Å²) < 4.78 is 2.02. The van der Waals surface area contributed by atoms with Crippen LogP contribution in [0.1, 0.15) is 36.9 Å². The molecule has 0 spiro atoms. The molecule has 0 bridgehead atoms. The zero-order chi connectivity index (χ0) is 14.7. The molecular weight excluding hydrogens is 262 g/mol. The fourth-order valence-electron chi connectivity index (χ4n) is 3.05. The topological polar surface area (TPSA) is 46.9 Å². The van der Waals surface area contributed by atoms with Crippen LogP contribution in [0.5, 0.6) is 0 Å². The number of carbonyl (C=O) groups is 1. The maximum absolute atomic E-state index is 12.6. The molecule has 0 fully saturated rings. The Morgan fingerprint density at radius 2 is 2.19 bits per heavy atom. The fourth-order valence-corrected chi connectivity index (χ4v) is 3.05. The molecule has 4 heteroatoms. The standard InChI is InChI=1S/C17H21N3O/c1-2-16(13-6-4-3-5-7-13)17(21)19-14-9-11-20-15(12-14)8-10-18-20/h3-8,10,14,16H,2,9,11-12H2,1H3,(H,19,21)/t14-,16-/m0/s1. The van der Waals surface area contributed by atoms with E-state index >= 15 is 0 Å². The van der Waals surface area contributed by atoms with Crippen LogP contribution in [-0.4, -0.2) is 21.7 Å². The summed E-state index contributed by atoms with van der Waals surface area (Å²) in [6.07, 6.45) is 4.47. The Morgan fingerprint density at radius 3 is 2.95 bits per heavy atom. The average molecular weight is 283 g/mol. The van der Waals surface area contributed by atoms with E-state index in [0.29, 0.717) is 0 Å². The zero-order valence-electron chi connectivity index (χ0n) is 12.3. The van der Waals surface area contributed by atoms with Gasteiger partial charge >= 0.3 is 0 Å². The third kappa shape index (κ3) is 2.99. The van der Waals surface area contributed by atoms with Crippen LogP contribution in [0, 0.1) is 0 Å². The maximum Gasteiger partial charge on any atom is 0.227 e. The lowest BCUT2D eigenvalue weighted by molar-refractivity contribution is -0.123. The molecule has 1 N–H and O–H groups in total. The average Bonchev–Trinajstić information content (AvgIpc) is 2.96. The first-order valence-corrected chi connectivity index (χ1v) is 7.64. The summed E-state index contributed by atoms with van der Waals surface area (Å²) in [5, 5.41) is 7.49. The Kier molecular flexibility index (Phi) is 4.04. The molecule has 1 aliphatic rings. The van der Waals surface area contributed by atoms with Crippen LogP contribution in [0.3, 0.4) is 0 Å². The van der Waals surface area contributed by atoms with Crippen molar-refractivity contribution in [2.45, 2.75) is 44.7 Å². The number of hydrogen-bond acceptors (Lipinski definition) is 2. The van der Waals surface area contributed by atoms with Crippen LogP contribution in [0.2, 0.25) is 0 Å². The van der Waals surface area contributed by atoms with Gasteiger partial charge in [-0.25, -0.2) is 0 Å². The number of carbonyl (C=O) groups excluding carboxylic acids is 1. The van der Waals surface area contributed by atoms with E-state index in [0.717, 1.165) is 31.4 Å². The molecule has 0 unspecified atom stereocenters. The van der Waals surface area contributed by atoms with Crippen LogP contribution >= 0.6 is 0 Å². The summed E-state index contributed by atoms with van der Waals surface area (Å²) in [6.45, 7) is 2.95. The number of hydrogen-bond donors (Lipinski definition) is 1. The van der Waals surface area contributed by atoms with E-state index in [1.807, 2.05) is 47.3 Å². The number of nitrogens with zero attached hydrogens (tertiary/aromatic N) is 2. The van der Waals surface area contributed by atoms with E-state index in [1.54, 1.807) is 0 Å². The highest BCUT2D eigenvalue weighted by Gasteiger charge is 2.24. The summed E-state index contributed by atoms with van der Waals surface area (Å²) >= 11 is 0. The predicted octanol–water partition coefficient (Wildman–Crippen LogP) is 2.51. The minimum absolute atomic E-state index is 0.0574. The molecule has 1 aromatic heterocycles. The summed E-state index contributed by atoms with van der Waals surface area (Å²) in [7, 11) is 0. The first-order chi connectivity index (χ1) is 10.3. The fraction of sp³-hybridized carbons (Fsp3) is 0.412. The maximum atomic E-state index is 12.6. The molecule has 1 aliphatic heterocycles. The molecule has 2 atom stereocenters. The number of benzene rings is 1. The predicted molar refractivity (Wildman–Crippen MR) is 82.0 cm³/mol. The summed E-state index contributed by atoms with van der Waals surface area (Å²) in [5.41, 5.74) is 2.30. The third-order valence-electron chi connectivity index (χ3n) is 4.22. The molecule has 0 aliphatic carbocycles. The van der Waals surface area contributed by atoms with Gasteiger partial charge in [0.1, 0.15) is 0 Å². The Morgan fingerprint density at radius 1 is 1.38 bits per heavy atom. The van der Waals surface area contributed by atoms with E-state index < -0.39 is 0 Å². The lowest BCUT2D eigenvalue weighted by Crippen LogP contribution is -2.42. The van der Waals surface area contributed by atoms with E-state index in [2.05, 4.69) is 17.3 Å². The number of amides is 1. The smallest absolute Gasteiger partial charge is 0.227 e. The number of aromatic nitrogens is 2. The number of fused-ring (bicyclic) bond motifs is 1. The molecule has 1 aromatic carbocycles. The monoisotopic (exact) mass is 283 g/mol. The Labute approximate surface area is 125 Å². The molecule has 21 heavy (non-hydrogen) atoms. The van der Waals surface area contributed by atoms with Crippen molar-refractivity contribution >= 4 is 5.91 Å². The molecule has 0 radical (unpaired) electrons. The Bertz CT molecular complexity index is 606. The van der Waals surface area contributed by atoms with Crippen molar-refractivity contribution in [2.24, 2.45) is 0 Å². The quantitative estimate of drug-likeness (QED) is 0.937. The number of rotatable bonds is 4. The second-order valence-corrected chi connectivity index (χ2v) is 5.62. The normalized spacial score (nSPS) is 18.8. The Hall–Kier alpha value is -2.10. The van der Waals surface area contributed by atoms with Crippen LogP contribution in [0.15, 0.2) is 42.6 Å². The van der Waals surface area contributed by atoms with Gasteiger partial charge in [-0.2, -0.15) is 5.10 Å². The van der Waals surface area contributed by atoms with Gasteiger partial charge in [0.15, 0.2) is 0 Å². The van der Waals surface area contributed by atoms with Gasteiger partial charge in [-0.15, -0.1) is 0 Å². The van der Waals surface area contributed by atoms with Gasteiger partial charge in [0.2, 0.25) is 5.91 Å². The van der Waals surface area contributed by atoms with Crippen LogP contribution in [-0.2, 0) is 17.8 Å². The van der Waals surface area contributed by atoms with Gasteiger partial charge in [0, 0.05) is 30.9 Å². The minimum Gasteiger partial charge on any atom is -0.352 e. The summed E-state index contributed by atoms with van der Waals surface area (Å²) in [5.74, 6) is 0.0831. The Balaban J connectivity index is 1.66. The van der Waals surface area contributed by atoms with E-state index in [4.69, 9.17) is 0 Å². The molecule has 2 heterocycles. The molecule has 0 saturated carbocycles. The summed E-state index contributed by atoms with van der Waals surface area (Å²) in [6, 6.07) is 12.3. The first-order valence-electron chi connectivity index (χ1n) is 7.64. The van der Waals surface area contributed by atoms with Crippen molar-refractivity contribution in [1.82, 2.24) is 15.1 Å². The molecule has 3 rings (SSSR count). The molecule has 2 aromatic rings. The van der Waals surface area contributed by atoms with Crippen molar-refractivity contribution < 1.29 is 4.79 Å². The number of aryl methyl sites for hydroxylation is 1. The largest absolute Gasteiger partial charge is 0.352 e. The van der Waals surface area contributed by atoms with Gasteiger partial charge in [-0.1, -0.05) is 37.3 Å². The minimum atomic E-state index is -0.0574. The highest BCUT2D eigenvalue weighted by molar-refractivity contribution is 5.83. The van der Waals surface area contributed by atoms with Gasteiger partial charge in [0.05, 0.1) is 5.92 Å². The van der Waals surface area contributed by atoms with Gasteiger partial charge in [-0.05, 0) is 24.5 Å². The van der Waals surface area contributed by atoms with Gasteiger partial charge < -0.3 is 5.32 Å². The molecule has 110 valence electrons. The van der Waals surface area contributed by atoms with Crippen molar-refractivity contribution in [1.29, 1.82) is 0 Å². The lowest BCUT2D eigenvalue weighted by Gasteiger charge is -2.26. The lowest BCUT2D eigenvalue weighted by atomic mass is 9.94. The SMILES string of the molecule is CC[C@H](C(=O)N[C@H]1CCn2nccc2C1)c1ccccc1. The van der Waals surface area contributed by atoms with Crippen LogP contribution in [0.4, 0.5) is 0 Å². The van der Waals surface area contributed by atoms with Crippen LogP contribution in [0.25, 0.3) is 0 Å². The molecule has 1 amide bonds. The highest BCUT2D eigenvalue weighted by atomic mass is 16.1. The highest BCUT2D eigenvalue weighted by Crippen LogP contribution is 2.21. The molecule has 4 nitrogen and oxygen atoms in total. The van der Waals surface area contributed by atoms with E-state index in [-0.39, 0.29) is 17.9 Å². The zero-order valence-corrected chi connectivity index (χ0v) is 12.3. The summed E-state index contributed by atoms with van der Waals surface area (Å²) in [4.78, 5) is 12.6. The second kappa shape index (κ2) is 6.12. The first kappa shape index (κ1) is 13.9. The van der Waals surface area contributed by atoms with Crippen molar-refractivity contribution in [2.75, 3.05) is 0 Å². The second-order valence-electron chi connectivity index (χ2n) is 5.62. The van der Waals surface area contributed by atoms with Gasteiger partial charge in [-0.3, -0.25) is 9.48 Å². The van der Waals surface area contributed by atoms with Crippen LogP contribution < -0.4 is 5.32 Å². The number of nitrogens with one attached hydrogen (secondary N) is 1. The molecular formula is C17H21N3O. The van der Waals surface area contributed by atoms with Crippen molar-refractivity contribution in [3.63, 3.8) is 0 Å². The molecule has 0 saturated heterocycles. The van der Waals surface area contributed by atoms with Crippen molar-refractivity contribution in [3.05, 3.63) is 53.9 Å². The van der Waals surface area contributed by atoms with E-state index in [9.17, 15) is 4.79 Å². The van der Waals surface area contributed by atoms with Gasteiger partial charge in [0.25, 0.3) is 0 Å². The van der Waals surface area contributed by atoms with Crippen molar-refractivity contribution in [3.8, 4) is 0 Å².